The van der Waals surface area contributed by atoms with E-state index in [1.54, 1.807) is 0 Å². The van der Waals surface area contributed by atoms with Crippen LogP contribution in [0.3, 0.4) is 0 Å². The molecule has 6 heteroatoms. The number of hydrogen-bond acceptors (Lipinski definition) is 5. The normalized spacial score (nSPS) is 20.1. The molecule has 1 aliphatic rings. The lowest BCUT2D eigenvalue weighted by Gasteiger charge is -2.42. The van der Waals surface area contributed by atoms with Gasteiger partial charge in [-0.1, -0.05) is 47.6 Å². The van der Waals surface area contributed by atoms with Gasteiger partial charge in [0, 0.05) is 6.04 Å². The molecule has 170 valence electrons. The Morgan fingerprint density at radius 3 is 2.13 bits per heavy atom. The molecule has 0 aromatic heterocycles. The summed E-state index contributed by atoms with van der Waals surface area (Å²) in [5, 5.41) is 3.61. The lowest BCUT2D eigenvalue weighted by Crippen LogP contribution is -2.47. The number of benzene rings is 1. The van der Waals surface area contributed by atoms with Crippen LogP contribution in [0.2, 0.25) is 16.6 Å². The largest absolute Gasteiger partial charge is 0.469 e. The molecule has 0 heterocycles. The highest BCUT2D eigenvalue weighted by Crippen LogP contribution is 2.43. The molecule has 30 heavy (non-hydrogen) atoms. The van der Waals surface area contributed by atoms with Gasteiger partial charge in [-0.2, -0.15) is 0 Å². The number of esters is 1. The number of methoxy groups -OCH3 is 1. The van der Waals surface area contributed by atoms with Crippen LogP contribution < -0.4 is 11.1 Å². The second kappa shape index (κ2) is 10.7. The van der Waals surface area contributed by atoms with Crippen molar-refractivity contribution in [2.45, 2.75) is 96.5 Å². The third-order valence-corrected chi connectivity index (χ3v) is 13.0. The number of nitrogen functional groups attached to an aromatic ring is 1. The molecule has 0 radical (unpaired) electrons. The van der Waals surface area contributed by atoms with E-state index in [1.165, 1.54) is 7.11 Å². The molecule has 0 aliphatic heterocycles. The van der Waals surface area contributed by atoms with Crippen molar-refractivity contribution in [1.29, 1.82) is 0 Å². The van der Waals surface area contributed by atoms with Crippen molar-refractivity contribution in [3.63, 3.8) is 0 Å². The number of hydrogen-bond donors (Lipinski definition) is 2. The number of anilines is 2. The average molecular weight is 435 g/mol. The van der Waals surface area contributed by atoms with E-state index in [2.05, 4.69) is 59.0 Å². The lowest BCUT2D eigenvalue weighted by atomic mass is 9.86. The molecule has 1 saturated carbocycles. The molecule has 1 fully saturated rings. The fourth-order valence-electron chi connectivity index (χ4n) is 5.39. The lowest BCUT2D eigenvalue weighted by molar-refractivity contribution is -0.146. The van der Waals surface area contributed by atoms with Gasteiger partial charge >= 0.3 is 5.97 Å². The molecule has 0 saturated heterocycles. The van der Waals surface area contributed by atoms with Gasteiger partial charge in [0.15, 0.2) is 0 Å². The van der Waals surface area contributed by atoms with Crippen LogP contribution in [0.5, 0.6) is 0 Å². The molecule has 5 nitrogen and oxygen atoms in total. The van der Waals surface area contributed by atoms with Crippen LogP contribution in [0.4, 0.5) is 11.4 Å². The van der Waals surface area contributed by atoms with Gasteiger partial charge in [0.2, 0.25) is 8.32 Å². The Morgan fingerprint density at radius 2 is 1.63 bits per heavy atom. The third-order valence-electron chi connectivity index (χ3n) is 6.93. The second-order valence-electron chi connectivity index (χ2n) is 9.74. The van der Waals surface area contributed by atoms with Crippen LogP contribution in [0, 0.1) is 5.92 Å². The van der Waals surface area contributed by atoms with E-state index in [-0.39, 0.29) is 11.9 Å². The zero-order valence-electron chi connectivity index (χ0n) is 20.0. The highest BCUT2D eigenvalue weighted by Gasteiger charge is 2.45. The van der Waals surface area contributed by atoms with Gasteiger partial charge < -0.3 is 20.2 Å². The van der Waals surface area contributed by atoms with Gasteiger partial charge in [-0.15, -0.1) is 0 Å². The molecule has 0 bridgehead atoms. The van der Waals surface area contributed by atoms with Crippen LogP contribution in [0.25, 0.3) is 0 Å². The van der Waals surface area contributed by atoms with Gasteiger partial charge in [-0.25, -0.2) is 0 Å². The minimum atomic E-state index is -1.90. The maximum absolute atomic E-state index is 11.8. The predicted octanol–water partition coefficient (Wildman–Crippen LogP) is 6.10. The Bertz CT molecular complexity index is 676. The summed E-state index contributed by atoms with van der Waals surface area (Å²) in [5.41, 5.74) is 10.8. The maximum Gasteiger partial charge on any atom is 0.308 e. The highest BCUT2D eigenvalue weighted by atomic mass is 28.4. The average Bonchev–Trinajstić information content (AvgIpc) is 2.70. The fraction of sp³-hybridized carbons (Fsp3) is 0.708. The molecular formula is C24H42N2O3Si. The Kier molecular flexibility index (Phi) is 8.80. The van der Waals surface area contributed by atoms with Crippen molar-refractivity contribution >= 4 is 25.7 Å². The van der Waals surface area contributed by atoms with Gasteiger partial charge in [0.25, 0.3) is 0 Å². The molecular weight excluding hydrogens is 392 g/mol. The van der Waals surface area contributed by atoms with E-state index < -0.39 is 8.32 Å². The van der Waals surface area contributed by atoms with Crippen molar-refractivity contribution in [3.8, 4) is 0 Å². The van der Waals surface area contributed by atoms with Crippen molar-refractivity contribution in [3.05, 3.63) is 23.8 Å². The topological polar surface area (TPSA) is 73.6 Å². The number of carbonyl (C=O) groups excluding carboxylic acids is 1. The van der Waals surface area contributed by atoms with Gasteiger partial charge in [-0.3, -0.25) is 4.79 Å². The van der Waals surface area contributed by atoms with Gasteiger partial charge in [0.1, 0.15) is 0 Å². The van der Waals surface area contributed by atoms with Crippen molar-refractivity contribution in [2.24, 2.45) is 5.92 Å². The molecule has 0 spiro atoms. The number of nitrogens with one attached hydrogen (secondary N) is 1. The van der Waals surface area contributed by atoms with E-state index in [4.69, 9.17) is 14.9 Å². The van der Waals surface area contributed by atoms with E-state index in [0.717, 1.165) is 42.6 Å². The molecule has 1 aromatic carbocycles. The first kappa shape index (κ1) is 24.7. The van der Waals surface area contributed by atoms with Gasteiger partial charge in [0.05, 0.1) is 31.0 Å². The van der Waals surface area contributed by atoms with E-state index >= 15 is 0 Å². The smallest absolute Gasteiger partial charge is 0.308 e. The molecule has 0 unspecified atom stereocenters. The van der Waals surface area contributed by atoms with Crippen molar-refractivity contribution in [1.82, 2.24) is 0 Å². The number of carbonyl (C=O) groups is 1. The minimum Gasteiger partial charge on any atom is -0.469 e. The molecule has 3 N–H and O–H groups in total. The summed E-state index contributed by atoms with van der Waals surface area (Å²) in [7, 11) is -0.433. The molecule has 0 atom stereocenters. The summed E-state index contributed by atoms with van der Waals surface area (Å²) >= 11 is 0. The number of nitrogens with two attached hydrogens (primary N) is 1. The minimum absolute atomic E-state index is 0.0336. The molecule has 0 amide bonds. The standard InChI is InChI=1S/C24H42N2O3Si/c1-16(2)30(17(3)4,18(5)6)29-15-19-8-13-22(25)23(14-19)26-21-11-9-20(10-12-21)24(27)28-7/h8,13-14,16-18,20-21,26H,9-12,15,25H2,1-7H3/t20-,21+. The Hall–Kier alpha value is -1.53. The predicted molar refractivity (Wildman–Crippen MR) is 128 cm³/mol. The van der Waals surface area contributed by atoms with Crippen LogP contribution in [-0.2, 0) is 20.6 Å². The second-order valence-corrected chi connectivity index (χ2v) is 15.2. The van der Waals surface area contributed by atoms with Crippen LogP contribution >= 0.6 is 0 Å². The monoisotopic (exact) mass is 434 g/mol. The Balaban J connectivity index is 2.06. The SMILES string of the molecule is COC(=O)[C@H]1CC[C@@H](Nc2cc(CO[Si](C(C)C)(C(C)C)C(C)C)ccc2N)CC1. The first-order valence-electron chi connectivity index (χ1n) is 11.5. The molecule has 1 aliphatic carbocycles. The Labute approximate surface area is 184 Å². The Morgan fingerprint density at radius 1 is 1.07 bits per heavy atom. The van der Waals surface area contributed by atoms with E-state index in [0.29, 0.717) is 29.3 Å². The summed E-state index contributed by atoms with van der Waals surface area (Å²) in [6.45, 7) is 14.5. The van der Waals surface area contributed by atoms with E-state index in [1.807, 2.05) is 6.07 Å². The van der Waals surface area contributed by atoms with Crippen molar-refractivity contribution in [2.75, 3.05) is 18.2 Å². The summed E-state index contributed by atoms with van der Waals surface area (Å²) in [6.07, 6.45) is 3.62. The zero-order chi connectivity index (χ0) is 22.5. The zero-order valence-corrected chi connectivity index (χ0v) is 21.0. The highest BCUT2D eigenvalue weighted by molar-refractivity contribution is 6.77. The summed E-state index contributed by atoms with van der Waals surface area (Å²) in [6, 6.07) is 6.53. The van der Waals surface area contributed by atoms with Gasteiger partial charge in [-0.05, 0) is 60.0 Å². The molecule has 1 aromatic rings. The van der Waals surface area contributed by atoms with Crippen LogP contribution in [-0.4, -0.2) is 27.4 Å². The van der Waals surface area contributed by atoms with Crippen LogP contribution in [0.1, 0.15) is 72.8 Å². The summed E-state index contributed by atoms with van der Waals surface area (Å²) in [4.78, 5) is 11.8. The maximum atomic E-state index is 11.8. The third kappa shape index (κ3) is 5.58. The summed E-state index contributed by atoms with van der Waals surface area (Å²) in [5.74, 6) is -0.0495. The fourth-order valence-corrected chi connectivity index (χ4v) is 10.8. The number of rotatable bonds is 9. The first-order valence-corrected chi connectivity index (χ1v) is 13.6. The van der Waals surface area contributed by atoms with Crippen LogP contribution in [0.15, 0.2) is 18.2 Å². The first-order chi connectivity index (χ1) is 14.1. The quantitative estimate of drug-likeness (QED) is 0.279. The van der Waals surface area contributed by atoms with E-state index in [9.17, 15) is 4.79 Å². The number of ether oxygens (including phenoxy) is 1. The summed E-state index contributed by atoms with van der Waals surface area (Å²) < 4.78 is 11.6. The molecule has 2 rings (SSSR count). The van der Waals surface area contributed by atoms with Crippen molar-refractivity contribution < 1.29 is 14.0 Å².